The molecule has 164 valence electrons. The fourth-order valence-electron chi connectivity index (χ4n) is 4.13. The van der Waals surface area contributed by atoms with Gasteiger partial charge in [-0.15, -0.1) is 15.7 Å². The van der Waals surface area contributed by atoms with Crippen LogP contribution in [0.25, 0.3) is 0 Å². The molecule has 0 bridgehead atoms. The Labute approximate surface area is 186 Å². The largest absolute Gasteiger partial charge is 0.386 e. The van der Waals surface area contributed by atoms with Gasteiger partial charge < -0.3 is 10.4 Å². The van der Waals surface area contributed by atoms with E-state index >= 15 is 0 Å². The minimum atomic E-state index is -3.46. The van der Waals surface area contributed by atoms with E-state index in [1.54, 1.807) is 19.2 Å². The fraction of sp³-hybridized carbons (Fsp3) is 0.450. The fourth-order valence-corrected chi connectivity index (χ4v) is 6.41. The number of halogens is 1. The third kappa shape index (κ3) is 4.16. The zero-order valence-electron chi connectivity index (χ0n) is 16.9. The first kappa shape index (κ1) is 23.2. The molecule has 30 heavy (non-hydrogen) atoms. The van der Waals surface area contributed by atoms with E-state index in [1.807, 2.05) is 0 Å². The molecule has 1 atom stereocenters. The molecule has 0 saturated heterocycles. The topological polar surface area (TPSA) is 105 Å². The van der Waals surface area contributed by atoms with Crippen LogP contribution in [0.15, 0.2) is 20.0 Å². The van der Waals surface area contributed by atoms with E-state index < -0.39 is 21.5 Å². The number of nitrogens with two attached hydrogens (primary N) is 1. The Morgan fingerprint density at radius 3 is 2.23 bits per heavy atom. The van der Waals surface area contributed by atoms with Gasteiger partial charge in [-0.25, -0.2) is 18.5 Å². The summed E-state index contributed by atoms with van der Waals surface area (Å²) >= 11 is 1.09. The van der Waals surface area contributed by atoms with Gasteiger partial charge >= 0.3 is 6.03 Å². The normalized spacial score (nSPS) is 17.0. The monoisotopic (exact) mass is 471 g/mol. The number of benzene rings is 1. The molecule has 1 unspecified atom stereocenters. The van der Waals surface area contributed by atoms with Crippen LogP contribution in [0, 0.1) is 5.82 Å². The Kier molecular flexibility index (Phi) is 6.37. The zero-order chi connectivity index (χ0) is 21.0. The minimum absolute atomic E-state index is 0. The Morgan fingerprint density at radius 2 is 1.73 bits per heavy atom. The number of fused-ring (bicyclic) bond motifs is 2. The first-order valence-corrected chi connectivity index (χ1v) is 12.1. The number of hydrogen-bond acceptors (Lipinski definition) is 4. The number of carbonyl (C=O) groups excluding carboxylic acids is 1. The summed E-state index contributed by atoms with van der Waals surface area (Å²) < 4.78 is 31.6. The standard InChI is InChI=1S/C20H24FN3O3S2.H2S/c1-20(2,26)11-9-16(28-10-11)29(22,27)24-19(25)23-18-14-7-3-5-12(14)17(21)13-6-4-8-15(13)18;/h9-10,26H,3-8H2,1-2H3,(H3,22,23,24,25,27);1H2. The molecule has 4 N–H and O–H groups in total. The summed E-state index contributed by atoms with van der Waals surface area (Å²) in [5.74, 6) is -0.125. The third-order valence-electron chi connectivity index (χ3n) is 5.59. The molecule has 2 aliphatic carbocycles. The van der Waals surface area contributed by atoms with Gasteiger partial charge in [-0.1, -0.05) is 0 Å². The lowest BCUT2D eigenvalue weighted by molar-refractivity contribution is 0.0789. The molecule has 0 radical (unpaired) electrons. The number of carbonyl (C=O) groups is 1. The molecule has 0 fully saturated rings. The Morgan fingerprint density at radius 1 is 1.20 bits per heavy atom. The molecule has 1 heterocycles. The lowest BCUT2D eigenvalue weighted by atomic mass is 9.98. The van der Waals surface area contributed by atoms with Gasteiger partial charge in [0.2, 0.25) is 0 Å². The second-order valence-corrected chi connectivity index (χ2v) is 11.0. The lowest BCUT2D eigenvalue weighted by Crippen LogP contribution is -2.19. The molecule has 0 spiro atoms. The summed E-state index contributed by atoms with van der Waals surface area (Å²) in [6.07, 6.45) is 4.42. The Hall–Kier alpha value is -1.46. The van der Waals surface area contributed by atoms with E-state index in [9.17, 15) is 18.5 Å². The van der Waals surface area contributed by atoms with Crippen LogP contribution in [-0.4, -0.2) is 15.3 Å². The number of nitrogens with one attached hydrogen (secondary N) is 1. The SMILES string of the molecule is CC(C)(O)c1csc(S(N)(=O)=NC(=O)Nc2c3c(c(F)c4c2CCC4)CCC3)c1.S. The number of amides is 2. The van der Waals surface area contributed by atoms with Crippen LogP contribution in [0.4, 0.5) is 14.9 Å². The van der Waals surface area contributed by atoms with Gasteiger partial charge in [0, 0.05) is 5.69 Å². The van der Waals surface area contributed by atoms with Crippen molar-refractivity contribution >= 4 is 46.5 Å². The molecule has 10 heteroatoms. The van der Waals surface area contributed by atoms with E-state index in [0.717, 1.165) is 35.3 Å². The molecule has 6 nitrogen and oxygen atoms in total. The molecular weight excluding hydrogens is 445 g/mol. The predicted molar refractivity (Wildman–Crippen MR) is 122 cm³/mol. The van der Waals surface area contributed by atoms with Crippen LogP contribution in [0.1, 0.15) is 54.5 Å². The summed E-state index contributed by atoms with van der Waals surface area (Å²) in [6, 6.07) is 0.711. The van der Waals surface area contributed by atoms with Crippen LogP contribution in [-0.2, 0) is 41.2 Å². The van der Waals surface area contributed by atoms with Crippen LogP contribution < -0.4 is 10.5 Å². The highest BCUT2D eigenvalue weighted by Crippen LogP contribution is 2.41. The first-order chi connectivity index (χ1) is 13.6. The van der Waals surface area contributed by atoms with Crippen molar-refractivity contribution in [3.8, 4) is 0 Å². The quantitative estimate of drug-likeness (QED) is 0.627. The maximum Gasteiger partial charge on any atom is 0.354 e. The molecule has 4 rings (SSSR count). The second kappa shape index (κ2) is 8.23. The molecule has 1 aromatic carbocycles. The summed E-state index contributed by atoms with van der Waals surface area (Å²) in [7, 11) is -3.46. The van der Waals surface area contributed by atoms with E-state index in [-0.39, 0.29) is 23.5 Å². The first-order valence-electron chi connectivity index (χ1n) is 9.60. The van der Waals surface area contributed by atoms with Gasteiger partial charge in [0.15, 0.2) is 9.92 Å². The van der Waals surface area contributed by atoms with Gasteiger partial charge in [0.05, 0.1) is 5.60 Å². The molecule has 2 aliphatic rings. The lowest BCUT2D eigenvalue weighted by Gasteiger charge is -2.16. The van der Waals surface area contributed by atoms with Crippen LogP contribution in [0.5, 0.6) is 0 Å². The number of urea groups is 1. The van der Waals surface area contributed by atoms with Crippen molar-refractivity contribution in [2.75, 3.05) is 5.32 Å². The summed E-state index contributed by atoms with van der Waals surface area (Å²) in [5.41, 5.74) is 3.09. The van der Waals surface area contributed by atoms with Crippen molar-refractivity contribution in [2.45, 2.75) is 62.2 Å². The van der Waals surface area contributed by atoms with Crippen LogP contribution in [0.3, 0.4) is 0 Å². The molecule has 2 amide bonds. The Bertz CT molecular complexity index is 1090. The molecule has 1 aromatic heterocycles. The van der Waals surface area contributed by atoms with Crippen molar-refractivity contribution in [1.29, 1.82) is 0 Å². The molecular formula is C20H26FN3O3S3. The van der Waals surface area contributed by atoms with Crippen molar-refractivity contribution in [1.82, 2.24) is 0 Å². The van der Waals surface area contributed by atoms with Crippen molar-refractivity contribution in [3.05, 3.63) is 45.1 Å². The summed E-state index contributed by atoms with van der Waals surface area (Å²) in [6.45, 7) is 3.22. The number of thiophene rings is 1. The number of anilines is 1. The van der Waals surface area contributed by atoms with Crippen molar-refractivity contribution in [2.24, 2.45) is 9.50 Å². The number of aliphatic hydroxyl groups is 1. The van der Waals surface area contributed by atoms with Crippen molar-refractivity contribution in [3.63, 3.8) is 0 Å². The van der Waals surface area contributed by atoms with E-state index in [0.29, 0.717) is 48.1 Å². The number of hydrogen-bond donors (Lipinski definition) is 3. The average Bonchev–Trinajstić information content (AvgIpc) is 3.37. The van der Waals surface area contributed by atoms with Crippen LogP contribution in [0.2, 0.25) is 0 Å². The van der Waals surface area contributed by atoms with E-state index in [2.05, 4.69) is 9.68 Å². The zero-order valence-corrected chi connectivity index (χ0v) is 19.5. The van der Waals surface area contributed by atoms with Gasteiger partial charge in [0.25, 0.3) is 0 Å². The molecule has 0 aliphatic heterocycles. The highest BCUT2D eigenvalue weighted by Gasteiger charge is 2.30. The van der Waals surface area contributed by atoms with Crippen LogP contribution >= 0.6 is 24.8 Å². The third-order valence-corrected chi connectivity index (χ3v) is 8.45. The van der Waals surface area contributed by atoms with Gasteiger partial charge in [-0.3, -0.25) is 0 Å². The molecule has 2 aromatic rings. The van der Waals surface area contributed by atoms with E-state index in [4.69, 9.17) is 5.14 Å². The smallest absolute Gasteiger partial charge is 0.354 e. The molecule has 0 saturated carbocycles. The summed E-state index contributed by atoms with van der Waals surface area (Å²) in [5, 5.41) is 20.4. The van der Waals surface area contributed by atoms with Gasteiger partial charge in [-0.05, 0) is 91.6 Å². The van der Waals surface area contributed by atoms with Gasteiger partial charge in [-0.2, -0.15) is 13.5 Å². The van der Waals surface area contributed by atoms with Crippen molar-refractivity contribution < 1.29 is 18.5 Å². The van der Waals surface area contributed by atoms with Gasteiger partial charge in [0.1, 0.15) is 10.0 Å². The minimum Gasteiger partial charge on any atom is -0.386 e. The highest BCUT2D eigenvalue weighted by molar-refractivity contribution is 7.93. The second-order valence-electron chi connectivity index (χ2n) is 8.11. The number of rotatable bonds is 3. The number of nitrogens with zero attached hydrogens (tertiary/aromatic N) is 1. The average molecular weight is 472 g/mol. The predicted octanol–water partition coefficient (Wildman–Crippen LogP) is 4.14. The Balaban J connectivity index is 0.00000256. The van der Waals surface area contributed by atoms with E-state index in [1.165, 1.54) is 6.07 Å². The highest BCUT2D eigenvalue weighted by atomic mass is 32.2. The maximum absolute atomic E-state index is 14.8. The maximum atomic E-state index is 14.8. The summed E-state index contributed by atoms with van der Waals surface area (Å²) in [4.78, 5) is 12.6.